The molecule has 11 heteroatoms. The largest absolute Gasteiger partial charge is 0.366 e. The molecule has 0 aliphatic carbocycles. The van der Waals surface area contributed by atoms with Crippen LogP contribution in [0.5, 0.6) is 0 Å². The first-order valence-electron chi connectivity index (χ1n) is 13.6. The number of nitrogens with zero attached hydrogens (tertiary/aromatic N) is 6. The number of halogens is 1. The Morgan fingerprint density at radius 2 is 1.84 bits per heavy atom. The van der Waals surface area contributed by atoms with E-state index in [9.17, 15) is 13.4 Å². The lowest BCUT2D eigenvalue weighted by Crippen LogP contribution is -2.33. The van der Waals surface area contributed by atoms with E-state index in [0.29, 0.717) is 26.0 Å². The third-order valence-electron chi connectivity index (χ3n) is 7.33. The molecule has 2 saturated heterocycles. The van der Waals surface area contributed by atoms with Crippen molar-refractivity contribution in [2.24, 2.45) is 0 Å². The highest BCUT2D eigenvalue weighted by atomic mass is 32.2. The van der Waals surface area contributed by atoms with E-state index < -0.39 is 11.0 Å². The number of pyridine rings is 1. The summed E-state index contributed by atoms with van der Waals surface area (Å²) in [6, 6.07) is 5.27. The van der Waals surface area contributed by atoms with Gasteiger partial charge in [-0.1, -0.05) is 19.4 Å². The fourth-order valence-corrected chi connectivity index (χ4v) is 6.40. The molecule has 2 aliphatic heterocycles. The van der Waals surface area contributed by atoms with Crippen LogP contribution in [0.4, 0.5) is 16.0 Å². The van der Waals surface area contributed by atoms with Crippen molar-refractivity contribution in [1.29, 1.82) is 0 Å². The minimum atomic E-state index is -1.59. The molecule has 1 unspecified atom stereocenters. The molecule has 1 atom stereocenters. The van der Waals surface area contributed by atoms with E-state index in [2.05, 4.69) is 22.2 Å². The number of aromatic nitrogens is 4. The zero-order chi connectivity index (χ0) is 26.5. The molecule has 0 amide bonds. The molecular formula is C27H36FN7O2S. The SMILES string of the molecule is CCc1cnn2c(NCc3ccc(=O)n(C/C(=C/F)S(=O)N4CCCCC4)c3)cc(N3CCCCC3)nc12. The zero-order valence-corrected chi connectivity index (χ0v) is 22.8. The topological polar surface area (TPSA) is 87.8 Å². The molecule has 5 rings (SSSR count). The van der Waals surface area contributed by atoms with Crippen LogP contribution in [0, 0.1) is 0 Å². The Balaban J connectivity index is 1.35. The average Bonchev–Trinajstić information content (AvgIpc) is 3.39. The van der Waals surface area contributed by atoms with Crippen molar-refractivity contribution in [3.63, 3.8) is 0 Å². The molecule has 0 bridgehead atoms. The molecule has 0 saturated carbocycles. The smallest absolute Gasteiger partial charge is 0.250 e. The first kappa shape index (κ1) is 26.6. The summed E-state index contributed by atoms with van der Waals surface area (Å²) in [5.74, 6) is 1.77. The number of hydrogen-bond donors (Lipinski definition) is 1. The fraction of sp³-hybridized carbons (Fsp3) is 0.519. The van der Waals surface area contributed by atoms with E-state index in [1.165, 1.54) is 17.1 Å². The molecule has 0 radical (unpaired) electrons. The highest BCUT2D eigenvalue weighted by Crippen LogP contribution is 2.25. The van der Waals surface area contributed by atoms with E-state index >= 15 is 0 Å². The van der Waals surface area contributed by atoms with Gasteiger partial charge in [0.2, 0.25) is 0 Å². The van der Waals surface area contributed by atoms with Crippen LogP contribution in [0.2, 0.25) is 0 Å². The Morgan fingerprint density at radius 1 is 1.11 bits per heavy atom. The van der Waals surface area contributed by atoms with Gasteiger partial charge in [-0.2, -0.15) is 9.61 Å². The lowest BCUT2D eigenvalue weighted by molar-refractivity contribution is 0.366. The number of anilines is 2. The first-order valence-corrected chi connectivity index (χ1v) is 14.7. The third kappa shape index (κ3) is 5.83. The second-order valence-electron chi connectivity index (χ2n) is 9.98. The highest BCUT2D eigenvalue weighted by molar-refractivity contribution is 7.86. The molecule has 0 aromatic carbocycles. The van der Waals surface area contributed by atoms with Crippen molar-refractivity contribution in [3.05, 3.63) is 63.3 Å². The number of nitrogens with one attached hydrogen (secondary N) is 1. The molecule has 2 aliphatic rings. The molecule has 204 valence electrons. The Labute approximate surface area is 224 Å². The summed E-state index contributed by atoms with van der Waals surface area (Å²) in [7, 11) is -1.59. The summed E-state index contributed by atoms with van der Waals surface area (Å²) in [6.45, 7) is 5.82. The summed E-state index contributed by atoms with van der Waals surface area (Å²) >= 11 is 0. The van der Waals surface area contributed by atoms with Gasteiger partial charge in [-0.15, -0.1) is 0 Å². The molecule has 38 heavy (non-hydrogen) atoms. The highest BCUT2D eigenvalue weighted by Gasteiger charge is 2.21. The van der Waals surface area contributed by atoms with Gasteiger partial charge in [0.05, 0.1) is 17.6 Å². The van der Waals surface area contributed by atoms with Crippen LogP contribution in [0.15, 0.2) is 46.6 Å². The summed E-state index contributed by atoms with van der Waals surface area (Å²) < 4.78 is 31.8. The number of aryl methyl sites for hydroxylation is 1. The van der Waals surface area contributed by atoms with Gasteiger partial charge >= 0.3 is 0 Å². The van der Waals surface area contributed by atoms with Gasteiger partial charge in [-0.3, -0.25) is 4.79 Å². The average molecular weight is 542 g/mol. The van der Waals surface area contributed by atoms with E-state index in [4.69, 9.17) is 4.98 Å². The molecule has 5 heterocycles. The first-order chi connectivity index (χ1) is 18.6. The van der Waals surface area contributed by atoms with Gasteiger partial charge in [0.25, 0.3) is 5.56 Å². The summed E-state index contributed by atoms with van der Waals surface area (Å²) in [4.78, 5) is 19.9. The van der Waals surface area contributed by atoms with E-state index in [1.807, 2.05) is 16.8 Å². The van der Waals surface area contributed by atoms with Crippen molar-refractivity contribution >= 4 is 28.3 Å². The maximum absolute atomic E-state index is 13.8. The minimum Gasteiger partial charge on any atom is -0.366 e. The van der Waals surface area contributed by atoms with Gasteiger partial charge in [0.1, 0.15) is 29.0 Å². The molecule has 1 N–H and O–H groups in total. The van der Waals surface area contributed by atoms with Crippen molar-refractivity contribution in [1.82, 2.24) is 23.5 Å². The number of rotatable bonds is 9. The molecule has 0 spiro atoms. The number of piperidine rings is 2. The molecule has 2 fully saturated rings. The van der Waals surface area contributed by atoms with Crippen LogP contribution in [0.3, 0.4) is 0 Å². The number of allylic oxidation sites excluding steroid dienone is 1. The zero-order valence-electron chi connectivity index (χ0n) is 21.9. The second-order valence-corrected chi connectivity index (χ2v) is 11.5. The second kappa shape index (κ2) is 12.2. The predicted molar refractivity (Wildman–Crippen MR) is 149 cm³/mol. The third-order valence-corrected chi connectivity index (χ3v) is 8.83. The van der Waals surface area contributed by atoms with E-state index in [0.717, 1.165) is 80.0 Å². The van der Waals surface area contributed by atoms with Crippen molar-refractivity contribution < 1.29 is 8.60 Å². The van der Waals surface area contributed by atoms with Crippen LogP contribution in [-0.2, 0) is 30.5 Å². The minimum absolute atomic E-state index is 0.0517. The van der Waals surface area contributed by atoms with Gasteiger partial charge in [-0.05, 0) is 44.1 Å². The molecule has 9 nitrogen and oxygen atoms in total. The molecular weight excluding hydrogens is 505 g/mol. The van der Waals surface area contributed by atoms with Crippen LogP contribution >= 0.6 is 0 Å². The summed E-state index contributed by atoms with van der Waals surface area (Å²) in [5, 5.41) is 8.04. The molecule has 3 aromatic rings. The van der Waals surface area contributed by atoms with Gasteiger partial charge < -0.3 is 14.8 Å². The van der Waals surface area contributed by atoms with Crippen LogP contribution in [0.25, 0.3) is 5.65 Å². The fourth-order valence-electron chi connectivity index (χ4n) is 5.15. The van der Waals surface area contributed by atoms with Gasteiger partial charge in [-0.25, -0.2) is 17.9 Å². The monoisotopic (exact) mass is 541 g/mol. The van der Waals surface area contributed by atoms with Crippen molar-refractivity contribution in [2.75, 3.05) is 36.4 Å². The molecule has 3 aromatic heterocycles. The van der Waals surface area contributed by atoms with Crippen molar-refractivity contribution in [3.8, 4) is 0 Å². The lowest BCUT2D eigenvalue weighted by atomic mass is 10.1. The van der Waals surface area contributed by atoms with Crippen LogP contribution < -0.4 is 15.8 Å². The Morgan fingerprint density at radius 3 is 2.55 bits per heavy atom. The van der Waals surface area contributed by atoms with Gasteiger partial charge in [0.15, 0.2) is 5.65 Å². The predicted octanol–water partition coefficient (Wildman–Crippen LogP) is 4.02. The lowest BCUT2D eigenvalue weighted by Gasteiger charge is -2.28. The summed E-state index contributed by atoms with van der Waals surface area (Å²) in [5.41, 5.74) is 2.52. The van der Waals surface area contributed by atoms with Gasteiger partial charge in [0, 0.05) is 56.6 Å². The van der Waals surface area contributed by atoms with Crippen LogP contribution in [0.1, 0.15) is 56.6 Å². The van der Waals surface area contributed by atoms with E-state index in [1.54, 1.807) is 16.6 Å². The van der Waals surface area contributed by atoms with Crippen molar-refractivity contribution in [2.45, 2.75) is 65.0 Å². The maximum atomic E-state index is 13.8. The maximum Gasteiger partial charge on any atom is 0.250 e. The normalized spacial score (nSPS) is 18.2. The Hall–Kier alpha value is -3.05. The summed E-state index contributed by atoms with van der Waals surface area (Å²) in [6.07, 6.45) is 11.4. The number of fused-ring (bicyclic) bond motifs is 1. The Kier molecular flexibility index (Phi) is 8.53. The van der Waals surface area contributed by atoms with E-state index in [-0.39, 0.29) is 17.0 Å². The number of hydrogen-bond acceptors (Lipinski definition) is 6. The standard InChI is InChI=1S/C27H36FN7O2S/c1-2-22-18-30-35-24(15-25(31-27(22)35)32-11-5-3-6-12-32)29-17-21-9-10-26(36)33(19-21)20-23(16-28)38(37)34-13-7-4-8-14-34/h9-10,15-16,18-19,29H,2-8,11-14,17,20H2,1H3/b23-16-. The van der Waals surface area contributed by atoms with Crippen LogP contribution in [-0.4, -0.2) is 53.9 Å². The quantitative estimate of drug-likeness (QED) is 0.440. The Bertz CT molecular complexity index is 1370.